The standard InChI is InChI=1S/C26H21N3O6/c1-4-25(31)34-24-9-7-6-8-19(24)26(27-35-16(3)30)17-10-12-22-20(14-17)21-15-18(29(32)33)11-13-23(21)28(22)5-2/h4,6-15H,1,5H2,2-3H3/b27-26-. The number of aryl methyl sites for hydroxylation is 1. The number of esters is 1. The molecule has 0 saturated heterocycles. The summed E-state index contributed by atoms with van der Waals surface area (Å²) < 4.78 is 7.42. The van der Waals surface area contributed by atoms with Crippen LogP contribution >= 0.6 is 0 Å². The first-order chi connectivity index (χ1) is 16.8. The van der Waals surface area contributed by atoms with Gasteiger partial charge in [-0.2, -0.15) is 0 Å². The van der Waals surface area contributed by atoms with Gasteiger partial charge in [0.1, 0.15) is 11.5 Å². The van der Waals surface area contributed by atoms with Crippen molar-refractivity contribution in [2.45, 2.75) is 20.4 Å². The van der Waals surface area contributed by atoms with Crippen molar-refractivity contribution in [2.24, 2.45) is 5.16 Å². The minimum absolute atomic E-state index is 0.0199. The summed E-state index contributed by atoms with van der Waals surface area (Å²) in [5.74, 6) is -1.07. The van der Waals surface area contributed by atoms with Crippen molar-refractivity contribution >= 4 is 45.1 Å². The highest BCUT2D eigenvalue weighted by molar-refractivity contribution is 6.18. The van der Waals surface area contributed by atoms with Crippen LogP contribution in [-0.2, 0) is 21.0 Å². The zero-order valence-electron chi connectivity index (χ0n) is 19.1. The molecular weight excluding hydrogens is 450 g/mol. The third kappa shape index (κ3) is 4.51. The zero-order valence-corrected chi connectivity index (χ0v) is 19.1. The molecule has 0 radical (unpaired) electrons. The van der Waals surface area contributed by atoms with Gasteiger partial charge in [-0.1, -0.05) is 29.9 Å². The Balaban J connectivity index is 1.97. The van der Waals surface area contributed by atoms with Crippen LogP contribution < -0.4 is 4.74 Å². The van der Waals surface area contributed by atoms with Crippen LogP contribution in [0.3, 0.4) is 0 Å². The molecule has 0 N–H and O–H groups in total. The molecule has 176 valence electrons. The maximum Gasteiger partial charge on any atom is 0.335 e. The number of non-ortho nitro benzene ring substituents is 1. The molecule has 1 heterocycles. The Morgan fingerprint density at radius 2 is 1.77 bits per heavy atom. The number of benzene rings is 3. The van der Waals surface area contributed by atoms with Crippen molar-refractivity contribution in [3.8, 4) is 5.75 Å². The van der Waals surface area contributed by atoms with Crippen LogP contribution in [0.4, 0.5) is 5.69 Å². The summed E-state index contributed by atoms with van der Waals surface area (Å²) in [6.45, 7) is 7.29. The number of nitro benzene ring substituents is 1. The molecule has 0 fully saturated rings. The van der Waals surface area contributed by atoms with E-state index in [-0.39, 0.29) is 17.1 Å². The molecule has 0 spiro atoms. The molecule has 35 heavy (non-hydrogen) atoms. The molecule has 4 rings (SSSR count). The fourth-order valence-corrected chi connectivity index (χ4v) is 3.96. The highest BCUT2D eigenvalue weighted by Gasteiger charge is 2.19. The predicted molar refractivity (Wildman–Crippen MR) is 131 cm³/mol. The molecule has 0 aliphatic carbocycles. The molecule has 4 aromatic rings. The second kappa shape index (κ2) is 9.60. The van der Waals surface area contributed by atoms with Crippen LogP contribution in [0.2, 0.25) is 0 Å². The van der Waals surface area contributed by atoms with E-state index in [0.29, 0.717) is 23.1 Å². The molecule has 9 heteroatoms. The topological polar surface area (TPSA) is 113 Å². The van der Waals surface area contributed by atoms with Crippen molar-refractivity contribution in [3.05, 3.63) is 94.6 Å². The quantitative estimate of drug-likeness (QED) is 0.0702. The van der Waals surface area contributed by atoms with Gasteiger partial charge in [0.25, 0.3) is 5.69 Å². The van der Waals surface area contributed by atoms with Crippen LogP contribution in [0.1, 0.15) is 25.0 Å². The first-order valence-corrected chi connectivity index (χ1v) is 10.7. The van der Waals surface area contributed by atoms with Crippen molar-refractivity contribution in [2.75, 3.05) is 0 Å². The largest absolute Gasteiger partial charge is 0.423 e. The fraction of sp³-hybridized carbons (Fsp3) is 0.115. The number of carbonyl (C=O) groups excluding carboxylic acids is 2. The first kappa shape index (κ1) is 23.4. The summed E-state index contributed by atoms with van der Waals surface area (Å²) in [7, 11) is 0. The normalized spacial score (nSPS) is 11.4. The van der Waals surface area contributed by atoms with E-state index in [1.54, 1.807) is 36.4 Å². The molecule has 0 amide bonds. The van der Waals surface area contributed by atoms with Crippen LogP contribution in [0.25, 0.3) is 21.8 Å². The van der Waals surface area contributed by atoms with Crippen molar-refractivity contribution in [1.82, 2.24) is 4.57 Å². The van der Waals surface area contributed by atoms with E-state index >= 15 is 0 Å². The van der Waals surface area contributed by atoms with Gasteiger partial charge in [-0.3, -0.25) is 10.1 Å². The summed E-state index contributed by atoms with van der Waals surface area (Å²) in [6.07, 6.45) is 1.04. The van der Waals surface area contributed by atoms with Crippen molar-refractivity contribution in [3.63, 3.8) is 0 Å². The molecule has 3 aromatic carbocycles. The molecule has 0 bridgehead atoms. The van der Waals surface area contributed by atoms with Gasteiger partial charge in [0.05, 0.1) is 4.92 Å². The van der Waals surface area contributed by atoms with E-state index in [4.69, 9.17) is 9.57 Å². The number of para-hydroxylation sites is 1. The third-order valence-electron chi connectivity index (χ3n) is 5.43. The van der Waals surface area contributed by atoms with Crippen LogP contribution in [-0.4, -0.2) is 27.1 Å². The fourth-order valence-electron chi connectivity index (χ4n) is 3.96. The van der Waals surface area contributed by atoms with Crippen molar-refractivity contribution < 1.29 is 24.1 Å². The highest BCUT2D eigenvalue weighted by atomic mass is 16.7. The van der Waals surface area contributed by atoms with Gasteiger partial charge in [0.2, 0.25) is 0 Å². The van der Waals surface area contributed by atoms with Gasteiger partial charge in [-0.05, 0) is 37.3 Å². The minimum atomic E-state index is -0.655. The van der Waals surface area contributed by atoms with Gasteiger partial charge in [-0.15, -0.1) is 0 Å². The number of ether oxygens (including phenoxy) is 1. The average Bonchev–Trinajstić information content (AvgIpc) is 3.17. The number of hydrogen-bond acceptors (Lipinski definition) is 7. The minimum Gasteiger partial charge on any atom is -0.423 e. The predicted octanol–water partition coefficient (Wildman–Crippen LogP) is 5.13. The number of carbonyl (C=O) groups is 2. The van der Waals surface area contributed by atoms with E-state index < -0.39 is 16.9 Å². The molecule has 9 nitrogen and oxygen atoms in total. The first-order valence-electron chi connectivity index (χ1n) is 10.7. The summed E-state index contributed by atoms with van der Waals surface area (Å²) in [5.41, 5.74) is 2.93. The Kier molecular flexibility index (Phi) is 6.41. The molecule has 1 aromatic heterocycles. The molecular formula is C26H21N3O6. The van der Waals surface area contributed by atoms with E-state index in [1.165, 1.54) is 19.1 Å². The maximum atomic E-state index is 11.9. The zero-order chi connectivity index (χ0) is 25.1. The Morgan fingerprint density at radius 3 is 2.43 bits per heavy atom. The van der Waals surface area contributed by atoms with Crippen LogP contribution in [0.15, 0.2) is 78.5 Å². The highest BCUT2D eigenvalue weighted by Crippen LogP contribution is 2.33. The smallest absolute Gasteiger partial charge is 0.335 e. The maximum absolute atomic E-state index is 11.9. The molecule has 0 aliphatic heterocycles. The molecule has 0 aliphatic rings. The number of nitro groups is 1. The van der Waals surface area contributed by atoms with Crippen LogP contribution in [0.5, 0.6) is 5.75 Å². The SMILES string of the molecule is C=CC(=O)Oc1ccccc1/C(=N\OC(C)=O)c1ccc2c(c1)c1cc([N+](=O)[O-])ccc1n2CC. The Morgan fingerprint density at radius 1 is 1.09 bits per heavy atom. The average molecular weight is 471 g/mol. The van der Waals surface area contributed by atoms with Gasteiger partial charge in [0, 0.05) is 64.6 Å². The van der Waals surface area contributed by atoms with Gasteiger partial charge in [-0.25, -0.2) is 9.59 Å². The number of hydrogen-bond donors (Lipinski definition) is 0. The number of rotatable bonds is 7. The number of oxime groups is 1. The lowest BCUT2D eigenvalue weighted by Gasteiger charge is -2.12. The van der Waals surface area contributed by atoms with Crippen LogP contribution in [0, 0.1) is 10.1 Å². The summed E-state index contributed by atoms with van der Waals surface area (Å²) in [5, 5.41) is 16.9. The second-order valence-electron chi connectivity index (χ2n) is 7.58. The number of nitrogens with zero attached hydrogens (tertiary/aromatic N) is 3. The van der Waals surface area contributed by atoms with Crippen molar-refractivity contribution in [1.29, 1.82) is 0 Å². The lowest BCUT2D eigenvalue weighted by atomic mass is 9.99. The van der Waals surface area contributed by atoms with E-state index in [2.05, 4.69) is 16.3 Å². The number of aromatic nitrogens is 1. The second-order valence-corrected chi connectivity index (χ2v) is 7.58. The Labute approximate surface area is 200 Å². The monoisotopic (exact) mass is 471 g/mol. The van der Waals surface area contributed by atoms with Gasteiger partial charge >= 0.3 is 11.9 Å². The molecule has 0 saturated carbocycles. The van der Waals surface area contributed by atoms with E-state index in [1.807, 2.05) is 19.1 Å². The van der Waals surface area contributed by atoms with Gasteiger partial charge in [0.15, 0.2) is 0 Å². The van der Waals surface area contributed by atoms with E-state index in [0.717, 1.165) is 22.5 Å². The van der Waals surface area contributed by atoms with Gasteiger partial charge < -0.3 is 14.1 Å². The lowest BCUT2D eigenvalue weighted by Crippen LogP contribution is -2.11. The lowest BCUT2D eigenvalue weighted by molar-refractivity contribution is -0.384. The third-order valence-corrected chi connectivity index (χ3v) is 5.43. The van der Waals surface area contributed by atoms with E-state index in [9.17, 15) is 19.7 Å². The summed E-state index contributed by atoms with van der Waals surface area (Å²) in [6, 6.07) is 16.9. The summed E-state index contributed by atoms with van der Waals surface area (Å²) >= 11 is 0. The molecule has 0 unspecified atom stereocenters. The Hall–Kier alpha value is -4.79. The summed E-state index contributed by atoms with van der Waals surface area (Å²) in [4.78, 5) is 39.4. The number of fused-ring (bicyclic) bond motifs is 3. The molecule has 0 atom stereocenters. The Bertz CT molecular complexity index is 1530.